The minimum absolute atomic E-state index is 0.0444. The first-order chi connectivity index (χ1) is 11.6. The van der Waals surface area contributed by atoms with Crippen molar-refractivity contribution in [2.75, 3.05) is 12.4 Å². The molecule has 0 spiro atoms. The molecule has 0 saturated heterocycles. The number of nitrogens with one attached hydrogen (secondary N) is 1. The number of nitrogens with zero attached hydrogens (tertiary/aromatic N) is 3. The van der Waals surface area contributed by atoms with Crippen LogP contribution in [0.3, 0.4) is 0 Å². The molecule has 0 aliphatic carbocycles. The molecule has 1 N–H and O–H groups in total. The molecule has 25 heavy (non-hydrogen) atoms. The lowest BCUT2D eigenvalue weighted by Gasteiger charge is -2.19. The van der Waals surface area contributed by atoms with Crippen LogP contribution in [0.5, 0.6) is 0 Å². The van der Waals surface area contributed by atoms with Crippen LogP contribution in [0, 0.1) is 0 Å². The van der Waals surface area contributed by atoms with E-state index in [0.29, 0.717) is 11.9 Å². The number of pyridine rings is 1. The summed E-state index contributed by atoms with van der Waals surface area (Å²) in [6, 6.07) is 3.50. The molecule has 0 aliphatic rings. The molecule has 0 amide bonds. The lowest BCUT2D eigenvalue weighted by molar-refractivity contribution is 0.580. The third kappa shape index (κ3) is 7.96. The van der Waals surface area contributed by atoms with E-state index in [9.17, 15) is 4.79 Å². The molecule has 140 valence electrons. The molecule has 0 bridgehead atoms. The summed E-state index contributed by atoms with van der Waals surface area (Å²) in [6.07, 6.45) is 5.59. The Bertz CT molecular complexity index is 667. The summed E-state index contributed by atoms with van der Waals surface area (Å²) in [7, 11) is 3.59. The van der Waals surface area contributed by atoms with Crippen LogP contribution in [0.25, 0.3) is 0 Å². The van der Waals surface area contributed by atoms with Gasteiger partial charge < -0.3 is 9.88 Å². The van der Waals surface area contributed by atoms with Gasteiger partial charge in [-0.1, -0.05) is 54.5 Å². The summed E-state index contributed by atoms with van der Waals surface area (Å²) in [5, 5.41) is 2.87. The Morgan fingerprint density at radius 3 is 1.96 bits per heavy atom. The first-order valence-electron chi connectivity index (χ1n) is 8.82. The summed E-state index contributed by atoms with van der Waals surface area (Å²) in [4.78, 5) is 19.3. The fourth-order valence-corrected chi connectivity index (χ4v) is 1.80. The van der Waals surface area contributed by atoms with Gasteiger partial charge in [0.05, 0.1) is 0 Å². The maximum atomic E-state index is 11.1. The van der Waals surface area contributed by atoms with Gasteiger partial charge in [-0.15, -0.1) is 0 Å². The molecule has 2 aromatic rings. The van der Waals surface area contributed by atoms with Crippen molar-refractivity contribution in [1.82, 2.24) is 14.5 Å². The Morgan fingerprint density at radius 1 is 1.08 bits per heavy atom. The Kier molecular flexibility index (Phi) is 9.72. The smallest absolute Gasteiger partial charge is 0.250 e. The van der Waals surface area contributed by atoms with Gasteiger partial charge in [-0.2, -0.15) is 0 Å². The maximum absolute atomic E-state index is 11.1. The second-order valence-corrected chi connectivity index (χ2v) is 6.86. The standard InChI is InChI=1S/C10H15NO.C8H13N3.C2H6/c1-10(2,3)8-5-6-9(12)11(4)7-8;1-6(2)7-4-10-8(9-3)11-5-7;1-2/h5-7H,1-4H3;4-6H,1-3H3,(H,9,10,11);1-2H3. The van der Waals surface area contributed by atoms with Crippen molar-refractivity contribution >= 4 is 5.95 Å². The van der Waals surface area contributed by atoms with E-state index in [1.807, 2.05) is 45.6 Å². The SMILES string of the molecule is CC.CNc1ncc(C(C)C)cn1.Cn1cc(C(C)(C)C)ccc1=O. The molecule has 0 radical (unpaired) electrons. The Hall–Kier alpha value is -2.17. The van der Waals surface area contributed by atoms with Crippen molar-refractivity contribution in [2.24, 2.45) is 7.05 Å². The van der Waals surface area contributed by atoms with Crippen LogP contribution >= 0.6 is 0 Å². The van der Waals surface area contributed by atoms with Gasteiger partial charge in [0, 0.05) is 38.8 Å². The fraction of sp³-hybridized carbons (Fsp3) is 0.550. The molecular weight excluding hydrogens is 312 g/mol. The van der Waals surface area contributed by atoms with E-state index >= 15 is 0 Å². The number of hydrogen-bond acceptors (Lipinski definition) is 4. The fourth-order valence-electron chi connectivity index (χ4n) is 1.80. The Balaban J connectivity index is 0.000000421. The van der Waals surface area contributed by atoms with E-state index in [1.54, 1.807) is 17.7 Å². The van der Waals surface area contributed by atoms with Gasteiger partial charge in [0.2, 0.25) is 11.5 Å². The molecule has 0 unspecified atom stereocenters. The zero-order valence-corrected chi connectivity index (χ0v) is 17.2. The highest BCUT2D eigenvalue weighted by Crippen LogP contribution is 2.19. The van der Waals surface area contributed by atoms with Crippen molar-refractivity contribution in [3.05, 3.63) is 52.2 Å². The molecule has 0 aromatic carbocycles. The van der Waals surface area contributed by atoms with Crippen LogP contribution in [0.2, 0.25) is 0 Å². The van der Waals surface area contributed by atoms with Crippen LogP contribution in [-0.2, 0) is 12.5 Å². The molecule has 5 heteroatoms. The van der Waals surface area contributed by atoms with E-state index < -0.39 is 0 Å². The van der Waals surface area contributed by atoms with Gasteiger partial charge in [0.15, 0.2) is 0 Å². The zero-order valence-electron chi connectivity index (χ0n) is 17.2. The monoisotopic (exact) mass is 346 g/mol. The predicted molar refractivity (Wildman–Crippen MR) is 107 cm³/mol. The lowest BCUT2D eigenvalue weighted by Crippen LogP contribution is -2.19. The van der Waals surface area contributed by atoms with Gasteiger partial charge in [0.25, 0.3) is 0 Å². The average molecular weight is 347 g/mol. The summed E-state index contributed by atoms with van der Waals surface area (Å²) in [5.74, 6) is 1.18. The van der Waals surface area contributed by atoms with E-state index in [4.69, 9.17) is 0 Å². The highest BCUT2D eigenvalue weighted by molar-refractivity contribution is 5.24. The molecule has 2 aromatic heterocycles. The van der Waals surface area contributed by atoms with Crippen molar-refractivity contribution in [3.63, 3.8) is 0 Å². The van der Waals surface area contributed by atoms with E-state index in [0.717, 1.165) is 0 Å². The molecule has 2 heterocycles. The van der Waals surface area contributed by atoms with Crippen LogP contribution < -0.4 is 10.9 Å². The quantitative estimate of drug-likeness (QED) is 0.878. The van der Waals surface area contributed by atoms with Gasteiger partial charge in [-0.25, -0.2) is 9.97 Å². The lowest BCUT2D eigenvalue weighted by atomic mass is 9.88. The van der Waals surface area contributed by atoms with Crippen molar-refractivity contribution in [1.29, 1.82) is 0 Å². The third-order valence-electron chi connectivity index (χ3n) is 3.51. The number of anilines is 1. The first-order valence-corrected chi connectivity index (χ1v) is 8.82. The third-order valence-corrected chi connectivity index (χ3v) is 3.51. The Morgan fingerprint density at radius 2 is 1.60 bits per heavy atom. The van der Waals surface area contributed by atoms with Crippen LogP contribution in [-0.4, -0.2) is 21.6 Å². The molecule has 0 atom stereocenters. The minimum atomic E-state index is 0.0444. The molecule has 5 nitrogen and oxygen atoms in total. The second-order valence-electron chi connectivity index (χ2n) is 6.86. The highest BCUT2D eigenvalue weighted by atomic mass is 16.1. The van der Waals surface area contributed by atoms with Crippen LogP contribution in [0.15, 0.2) is 35.5 Å². The number of aryl methyl sites for hydroxylation is 1. The molecule has 0 saturated carbocycles. The van der Waals surface area contributed by atoms with E-state index in [2.05, 4.69) is 49.9 Å². The van der Waals surface area contributed by atoms with E-state index in [-0.39, 0.29) is 11.0 Å². The maximum Gasteiger partial charge on any atom is 0.250 e. The predicted octanol–water partition coefficient (Wildman–Crippen LogP) is 4.35. The molecule has 0 fully saturated rings. The largest absolute Gasteiger partial charge is 0.357 e. The highest BCUT2D eigenvalue weighted by Gasteiger charge is 2.13. The normalized spacial score (nSPS) is 10.3. The van der Waals surface area contributed by atoms with Gasteiger partial charge in [-0.05, 0) is 22.5 Å². The van der Waals surface area contributed by atoms with Crippen molar-refractivity contribution in [3.8, 4) is 0 Å². The number of aromatic nitrogens is 3. The van der Waals surface area contributed by atoms with Crippen molar-refractivity contribution in [2.45, 2.75) is 59.8 Å². The van der Waals surface area contributed by atoms with Crippen molar-refractivity contribution < 1.29 is 0 Å². The number of rotatable bonds is 2. The van der Waals surface area contributed by atoms with E-state index in [1.165, 1.54) is 11.1 Å². The number of hydrogen-bond donors (Lipinski definition) is 1. The van der Waals surface area contributed by atoms with Gasteiger partial charge in [0.1, 0.15) is 0 Å². The summed E-state index contributed by atoms with van der Waals surface area (Å²) >= 11 is 0. The second kappa shape index (κ2) is 10.6. The topological polar surface area (TPSA) is 59.8 Å². The average Bonchev–Trinajstić information content (AvgIpc) is 2.59. The molecular formula is C20H34N4O. The summed E-state index contributed by atoms with van der Waals surface area (Å²) in [6.45, 7) is 14.6. The summed E-state index contributed by atoms with van der Waals surface area (Å²) in [5.41, 5.74) is 2.52. The van der Waals surface area contributed by atoms with Gasteiger partial charge in [-0.3, -0.25) is 4.79 Å². The van der Waals surface area contributed by atoms with Gasteiger partial charge >= 0.3 is 0 Å². The minimum Gasteiger partial charge on any atom is -0.357 e. The summed E-state index contributed by atoms with van der Waals surface area (Å²) < 4.78 is 1.61. The first kappa shape index (κ1) is 22.8. The zero-order chi connectivity index (χ0) is 19.6. The van der Waals surface area contributed by atoms with Crippen LogP contribution in [0.1, 0.15) is 65.5 Å². The van der Waals surface area contributed by atoms with Crippen LogP contribution in [0.4, 0.5) is 5.95 Å². The molecule has 2 rings (SSSR count). The molecule has 0 aliphatic heterocycles. The Labute approximate surface area is 152 Å².